The van der Waals surface area contributed by atoms with Crippen LogP contribution in [0.25, 0.3) is 11.0 Å². The van der Waals surface area contributed by atoms with Crippen molar-refractivity contribution in [2.45, 2.75) is 50.4 Å². The third-order valence-electron chi connectivity index (χ3n) is 6.62. The maximum absolute atomic E-state index is 12.0. The molecule has 1 amide bonds. The average Bonchev–Trinajstić information content (AvgIpc) is 3.47. The standard InChI is InChI=1S/C23H27N5O3/c24-21-17-8-9-28(22(17)26-12-25-21)18-11-15(19(29)20(18)30)5-4-13-2-1-3-16(10-13)27-23(31)14-6-7-14/h1-3,8-10,12,14-15,18-20,29-30H,4-7,11H2,(H,27,31)(H2,24,25,26)/t15-,18+,19+,20-/m0/s1. The van der Waals surface area contributed by atoms with Gasteiger partial charge in [-0.2, -0.15) is 0 Å². The van der Waals surface area contributed by atoms with Gasteiger partial charge in [-0.25, -0.2) is 9.97 Å². The minimum Gasteiger partial charge on any atom is -0.390 e. The second kappa shape index (κ2) is 7.94. The quantitative estimate of drug-likeness (QED) is 0.484. The lowest BCUT2D eigenvalue weighted by atomic mass is 9.96. The summed E-state index contributed by atoms with van der Waals surface area (Å²) in [6, 6.07) is 9.44. The molecule has 1 aromatic carbocycles. The van der Waals surface area contributed by atoms with E-state index in [-0.39, 0.29) is 23.8 Å². The zero-order chi connectivity index (χ0) is 21.5. The van der Waals surface area contributed by atoms with Crippen LogP contribution in [0.5, 0.6) is 0 Å². The van der Waals surface area contributed by atoms with E-state index < -0.39 is 12.2 Å². The number of aryl methyl sites for hydroxylation is 1. The second-order valence-electron chi connectivity index (χ2n) is 8.77. The molecule has 2 heterocycles. The molecule has 2 fully saturated rings. The summed E-state index contributed by atoms with van der Waals surface area (Å²) in [5, 5.41) is 25.2. The fourth-order valence-corrected chi connectivity index (χ4v) is 4.67. The second-order valence-corrected chi connectivity index (χ2v) is 8.77. The maximum Gasteiger partial charge on any atom is 0.227 e. The normalized spacial score (nSPS) is 25.7. The molecule has 2 aromatic heterocycles. The van der Waals surface area contributed by atoms with E-state index in [1.807, 2.05) is 41.1 Å². The Balaban J connectivity index is 1.26. The predicted octanol–water partition coefficient (Wildman–Crippen LogP) is 2.28. The minimum atomic E-state index is -0.874. The molecule has 2 aliphatic carbocycles. The number of nitrogens with two attached hydrogens (primary N) is 1. The molecular formula is C23H27N5O3. The summed E-state index contributed by atoms with van der Waals surface area (Å²) in [7, 11) is 0. The number of hydrogen-bond donors (Lipinski definition) is 4. The number of amides is 1. The van der Waals surface area contributed by atoms with Crippen molar-refractivity contribution >= 4 is 28.4 Å². The molecule has 5 N–H and O–H groups in total. The Morgan fingerprint density at radius 1 is 1.19 bits per heavy atom. The number of carbonyl (C=O) groups is 1. The SMILES string of the molecule is Nc1ncnc2c1ccn2[C@@H]1C[C@H](CCc2cccc(NC(=O)C3CC3)c2)[C@@H](O)[C@H]1O. The van der Waals surface area contributed by atoms with Crippen LogP contribution in [0.4, 0.5) is 11.5 Å². The van der Waals surface area contributed by atoms with E-state index in [1.165, 1.54) is 6.33 Å². The van der Waals surface area contributed by atoms with Gasteiger partial charge in [-0.05, 0) is 61.8 Å². The molecule has 0 unspecified atom stereocenters. The number of rotatable bonds is 6. The summed E-state index contributed by atoms with van der Waals surface area (Å²) in [5.74, 6) is 0.627. The van der Waals surface area contributed by atoms with Gasteiger partial charge in [0.25, 0.3) is 0 Å². The molecule has 0 saturated heterocycles. The minimum absolute atomic E-state index is 0.0404. The molecule has 0 radical (unpaired) electrons. The molecule has 8 heteroatoms. The number of benzene rings is 1. The highest BCUT2D eigenvalue weighted by atomic mass is 16.3. The molecular weight excluding hydrogens is 394 g/mol. The number of aliphatic hydroxyl groups is 2. The Morgan fingerprint density at radius 2 is 2.03 bits per heavy atom. The van der Waals surface area contributed by atoms with Crippen molar-refractivity contribution in [1.29, 1.82) is 0 Å². The summed E-state index contributed by atoms with van der Waals surface area (Å²) in [5.41, 5.74) is 8.52. The molecule has 8 nitrogen and oxygen atoms in total. The lowest BCUT2D eigenvalue weighted by Crippen LogP contribution is -2.29. The largest absolute Gasteiger partial charge is 0.390 e. The lowest BCUT2D eigenvalue weighted by Gasteiger charge is -2.19. The first-order valence-corrected chi connectivity index (χ1v) is 10.8. The van der Waals surface area contributed by atoms with Gasteiger partial charge in [-0.1, -0.05) is 12.1 Å². The van der Waals surface area contributed by atoms with Gasteiger partial charge in [0, 0.05) is 17.8 Å². The third kappa shape index (κ3) is 3.88. The van der Waals surface area contributed by atoms with Crippen LogP contribution >= 0.6 is 0 Å². The van der Waals surface area contributed by atoms with Crippen molar-refractivity contribution in [3.8, 4) is 0 Å². The van der Waals surface area contributed by atoms with Crippen molar-refractivity contribution in [2.75, 3.05) is 11.1 Å². The Hall–Kier alpha value is -2.97. The molecule has 162 valence electrons. The van der Waals surface area contributed by atoms with E-state index in [0.717, 1.165) is 42.3 Å². The van der Waals surface area contributed by atoms with Gasteiger partial charge in [-0.3, -0.25) is 4.79 Å². The van der Waals surface area contributed by atoms with Crippen LogP contribution < -0.4 is 11.1 Å². The van der Waals surface area contributed by atoms with Crippen LogP contribution in [0.2, 0.25) is 0 Å². The van der Waals surface area contributed by atoms with E-state index in [2.05, 4.69) is 15.3 Å². The van der Waals surface area contributed by atoms with Gasteiger partial charge in [0.1, 0.15) is 23.9 Å². The topological polar surface area (TPSA) is 126 Å². The van der Waals surface area contributed by atoms with Crippen molar-refractivity contribution in [2.24, 2.45) is 11.8 Å². The number of nitrogen functional groups attached to an aromatic ring is 1. The summed E-state index contributed by atoms with van der Waals surface area (Å²) in [4.78, 5) is 20.3. The predicted molar refractivity (Wildman–Crippen MR) is 117 cm³/mol. The van der Waals surface area contributed by atoms with Gasteiger partial charge in [-0.15, -0.1) is 0 Å². The van der Waals surface area contributed by atoms with Crippen LogP contribution in [-0.4, -0.2) is 42.9 Å². The number of nitrogens with one attached hydrogen (secondary N) is 1. The highest BCUT2D eigenvalue weighted by Crippen LogP contribution is 2.39. The van der Waals surface area contributed by atoms with Gasteiger partial charge < -0.3 is 25.8 Å². The molecule has 5 rings (SSSR count). The Bertz CT molecular complexity index is 1110. The number of hydrogen-bond acceptors (Lipinski definition) is 6. The Morgan fingerprint density at radius 3 is 2.84 bits per heavy atom. The molecule has 4 atom stereocenters. The Kier molecular flexibility index (Phi) is 5.11. The summed E-state index contributed by atoms with van der Waals surface area (Å²) in [6.45, 7) is 0. The highest BCUT2D eigenvalue weighted by Gasteiger charge is 2.42. The molecule has 3 aromatic rings. The summed E-state index contributed by atoms with van der Waals surface area (Å²) < 4.78 is 1.90. The average molecular weight is 422 g/mol. The molecule has 31 heavy (non-hydrogen) atoms. The summed E-state index contributed by atoms with van der Waals surface area (Å²) in [6.07, 6.45) is 5.69. The van der Waals surface area contributed by atoms with Gasteiger partial charge in [0.05, 0.1) is 17.5 Å². The Labute approximate surface area is 180 Å². The number of anilines is 2. The zero-order valence-electron chi connectivity index (χ0n) is 17.2. The van der Waals surface area contributed by atoms with Gasteiger partial charge in [0.2, 0.25) is 5.91 Å². The van der Waals surface area contributed by atoms with E-state index >= 15 is 0 Å². The molecule has 2 aliphatic rings. The number of fused-ring (bicyclic) bond motifs is 1. The van der Waals surface area contributed by atoms with E-state index in [4.69, 9.17) is 5.73 Å². The van der Waals surface area contributed by atoms with Crippen molar-refractivity contribution in [3.05, 3.63) is 48.4 Å². The van der Waals surface area contributed by atoms with Crippen LogP contribution in [0.3, 0.4) is 0 Å². The van der Waals surface area contributed by atoms with Gasteiger partial charge in [0.15, 0.2) is 0 Å². The number of carbonyl (C=O) groups excluding carboxylic acids is 1. The van der Waals surface area contributed by atoms with Crippen LogP contribution in [0.1, 0.15) is 37.3 Å². The fraction of sp³-hybridized carbons (Fsp3) is 0.435. The molecule has 2 saturated carbocycles. The number of nitrogens with zero attached hydrogens (tertiary/aromatic N) is 3. The van der Waals surface area contributed by atoms with Crippen LogP contribution in [0, 0.1) is 11.8 Å². The fourth-order valence-electron chi connectivity index (χ4n) is 4.67. The first-order valence-electron chi connectivity index (χ1n) is 10.8. The first kappa shape index (κ1) is 20.0. The molecule has 0 aliphatic heterocycles. The van der Waals surface area contributed by atoms with Crippen molar-refractivity contribution in [1.82, 2.24) is 14.5 Å². The van der Waals surface area contributed by atoms with Crippen LogP contribution in [0.15, 0.2) is 42.9 Å². The van der Waals surface area contributed by atoms with E-state index in [0.29, 0.717) is 17.9 Å². The van der Waals surface area contributed by atoms with Gasteiger partial charge >= 0.3 is 0 Å². The van der Waals surface area contributed by atoms with E-state index in [1.54, 1.807) is 0 Å². The third-order valence-corrected chi connectivity index (χ3v) is 6.62. The van der Waals surface area contributed by atoms with Crippen molar-refractivity contribution < 1.29 is 15.0 Å². The zero-order valence-corrected chi connectivity index (χ0v) is 17.2. The lowest BCUT2D eigenvalue weighted by molar-refractivity contribution is -0.117. The molecule has 0 spiro atoms. The monoisotopic (exact) mass is 421 g/mol. The van der Waals surface area contributed by atoms with Crippen LogP contribution in [-0.2, 0) is 11.2 Å². The summed E-state index contributed by atoms with van der Waals surface area (Å²) >= 11 is 0. The smallest absolute Gasteiger partial charge is 0.227 e. The van der Waals surface area contributed by atoms with E-state index in [9.17, 15) is 15.0 Å². The highest BCUT2D eigenvalue weighted by molar-refractivity contribution is 5.94. The number of aliphatic hydroxyl groups excluding tert-OH is 2. The molecule has 0 bridgehead atoms. The maximum atomic E-state index is 12.0. The number of aromatic nitrogens is 3. The first-order chi connectivity index (χ1) is 15.0. The van der Waals surface area contributed by atoms with Crippen molar-refractivity contribution in [3.63, 3.8) is 0 Å².